The molecule has 2 N–H and O–H groups in total. The van der Waals surface area contributed by atoms with Gasteiger partial charge in [0.15, 0.2) is 0 Å². The van der Waals surface area contributed by atoms with Gasteiger partial charge >= 0.3 is 0 Å². The summed E-state index contributed by atoms with van der Waals surface area (Å²) in [5, 5.41) is 13.7. The van der Waals surface area contributed by atoms with Crippen LogP contribution < -0.4 is 5.32 Å². The van der Waals surface area contributed by atoms with E-state index in [1.165, 1.54) is 19.3 Å². The van der Waals surface area contributed by atoms with Crippen molar-refractivity contribution in [3.05, 3.63) is 35.9 Å². The van der Waals surface area contributed by atoms with Gasteiger partial charge in [0.2, 0.25) is 0 Å². The molecule has 1 fully saturated rings. The van der Waals surface area contributed by atoms with E-state index >= 15 is 0 Å². The van der Waals surface area contributed by atoms with Crippen molar-refractivity contribution in [1.82, 2.24) is 5.32 Å². The first-order valence-corrected chi connectivity index (χ1v) is 6.25. The van der Waals surface area contributed by atoms with Gasteiger partial charge in [0, 0.05) is 12.1 Å². The van der Waals surface area contributed by atoms with Crippen molar-refractivity contribution in [1.29, 1.82) is 0 Å². The Labute approximate surface area is 97.7 Å². The van der Waals surface area contributed by atoms with Crippen molar-refractivity contribution in [2.75, 3.05) is 0 Å². The standard InChI is InChI=1S/C14H21NO/c1-11-6-5-9-13(15-11)10-14(16)12-7-3-2-4-8-12/h2-4,7-8,11,13-16H,5-6,9-10H2,1H3/t11-,13+,14+/m0/s1. The second-order valence-electron chi connectivity index (χ2n) is 4.86. The first-order chi connectivity index (χ1) is 7.75. The van der Waals surface area contributed by atoms with Crippen LogP contribution in [0, 0.1) is 0 Å². The number of aliphatic hydroxyl groups is 1. The zero-order chi connectivity index (χ0) is 11.4. The first-order valence-electron chi connectivity index (χ1n) is 6.25. The fourth-order valence-electron chi connectivity index (χ4n) is 2.51. The Morgan fingerprint density at radius 3 is 2.75 bits per heavy atom. The summed E-state index contributed by atoms with van der Waals surface area (Å²) in [6.07, 6.45) is 4.23. The lowest BCUT2D eigenvalue weighted by Crippen LogP contribution is -2.41. The van der Waals surface area contributed by atoms with E-state index in [9.17, 15) is 5.11 Å². The summed E-state index contributed by atoms with van der Waals surface area (Å²) in [6, 6.07) is 11.0. The Morgan fingerprint density at radius 2 is 2.06 bits per heavy atom. The molecule has 3 atom stereocenters. The molecule has 1 heterocycles. The molecule has 1 aromatic carbocycles. The number of benzene rings is 1. The van der Waals surface area contributed by atoms with Crippen LogP contribution in [-0.2, 0) is 0 Å². The number of hydrogen-bond acceptors (Lipinski definition) is 2. The highest BCUT2D eigenvalue weighted by Crippen LogP contribution is 2.23. The molecule has 0 saturated carbocycles. The van der Waals surface area contributed by atoms with Crippen molar-refractivity contribution in [2.45, 2.75) is 50.8 Å². The maximum Gasteiger partial charge on any atom is 0.0804 e. The highest BCUT2D eigenvalue weighted by atomic mass is 16.3. The van der Waals surface area contributed by atoms with E-state index in [2.05, 4.69) is 12.2 Å². The number of nitrogens with one attached hydrogen (secondary N) is 1. The van der Waals surface area contributed by atoms with Crippen LogP contribution in [0.4, 0.5) is 0 Å². The van der Waals surface area contributed by atoms with Gasteiger partial charge in [-0.25, -0.2) is 0 Å². The molecule has 0 unspecified atom stereocenters. The number of rotatable bonds is 3. The SMILES string of the molecule is C[C@H]1CCC[C@H](C[C@@H](O)c2ccccc2)N1. The first kappa shape index (κ1) is 11.6. The zero-order valence-electron chi connectivity index (χ0n) is 9.89. The summed E-state index contributed by atoms with van der Waals surface area (Å²) in [4.78, 5) is 0. The van der Waals surface area contributed by atoms with Crippen molar-refractivity contribution in [2.24, 2.45) is 0 Å². The average Bonchev–Trinajstić information content (AvgIpc) is 2.30. The molecule has 16 heavy (non-hydrogen) atoms. The molecule has 2 nitrogen and oxygen atoms in total. The smallest absolute Gasteiger partial charge is 0.0804 e. The summed E-state index contributed by atoms with van der Waals surface area (Å²) < 4.78 is 0. The van der Waals surface area contributed by atoms with E-state index in [0.29, 0.717) is 12.1 Å². The van der Waals surface area contributed by atoms with Crippen LogP contribution in [0.5, 0.6) is 0 Å². The Morgan fingerprint density at radius 1 is 1.31 bits per heavy atom. The summed E-state index contributed by atoms with van der Waals surface area (Å²) in [5.41, 5.74) is 1.03. The second-order valence-corrected chi connectivity index (χ2v) is 4.86. The summed E-state index contributed by atoms with van der Waals surface area (Å²) in [7, 11) is 0. The monoisotopic (exact) mass is 219 g/mol. The van der Waals surface area contributed by atoms with Gasteiger partial charge in [0.25, 0.3) is 0 Å². The summed E-state index contributed by atoms with van der Waals surface area (Å²) in [5.74, 6) is 0. The average molecular weight is 219 g/mol. The fraction of sp³-hybridized carbons (Fsp3) is 0.571. The molecular formula is C14H21NO. The highest BCUT2D eigenvalue weighted by molar-refractivity contribution is 5.17. The van der Waals surface area contributed by atoms with Gasteiger partial charge in [-0.3, -0.25) is 0 Å². The van der Waals surface area contributed by atoms with Gasteiger partial charge in [0.1, 0.15) is 0 Å². The van der Waals surface area contributed by atoms with Crippen LogP contribution in [0.25, 0.3) is 0 Å². The predicted octanol–water partition coefficient (Wildman–Crippen LogP) is 2.64. The maximum absolute atomic E-state index is 10.1. The number of piperidine rings is 1. The van der Waals surface area contributed by atoms with Gasteiger partial charge in [-0.2, -0.15) is 0 Å². The summed E-state index contributed by atoms with van der Waals surface area (Å²) >= 11 is 0. The molecule has 0 spiro atoms. The molecule has 0 radical (unpaired) electrons. The molecule has 0 aliphatic carbocycles. The molecule has 1 aliphatic heterocycles. The Bertz CT molecular complexity index is 312. The minimum atomic E-state index is -0.330. The Kier molecular flexibility index (Phi) is 3.97. The van der Waals surface area contributed by atoms with Gasteiger partial charge in [-0.05, 0) is 31.7 Å². The molecule has 88 valence electrons. The Balaban J connectivity index is 1.89. The van der Waals surface area contributed by atoms with Crippen LogP contribution in [0.1, 0.15) is 44.3 Å². The third-order valence-corrected chi connectivity index (χ3v) is 3.40. The summed E-state index contributed by atoms with van der Waals surface area (Å²) in [6.45, 7) is 2.22. The molecule has 2 heteroatoms. The molecular weight excluding hydrogens is 198 g/mol. The molecule has 1 aromatic rings. The lowest BCUT2D eigenvalue weighted by molar-refractivity contribution is 0.139. The quantitative estimate of drug-likeness (QED) is 0.819. The third-order valence-electron chi connectivity index (χ3n) is 3.40. The van der Waals surface area contributed by atoms with Crippen LogP contribution >= 0.6 is 0 Å². The Hall–Kier alpha value is -0.860. The number of hydrogen-bond donors (Lipinski definition) is 2. The second kappa shape index (κ2) is 5.46. The maximum atomic E-state index is 10.1. The van der Waals surface area contributed by atoms with Gasteiger partial charge < -0.3 is 10.4 Å². The molecule has 1 aliphatic rings. The van der Waals surface area contributed by atoms with Crippen LogP contribution in [0.3, 0.4) is 0 Å². The van der Waals surface area contributed by atoms with Gasteiger partial charge in [0.05, 0.1) is 6.10 Å². The van der Waals surface area contributed by atoms with E-state index in [1.807, 2.05) is 30.3 Å². The largest absolute Gasteiger partial charge is 0.388 e. The van der Waals surface area contributed by atoms with E-state index in [4.69, 9.17) is 0 Å². The minimum absolute atomic E-state index is 0.330. The van der Waals surface area contributed by atoms with Crippen molar-refractivity contribution in [3.63, 3.8) is 0 Å². The highest BCUT2D eigenvalue weighted by Gasteiger charge is 2.20. The van der Waals surface area contributed by atoms with Crippen molar-refractivity contribution >= 4 is 0 Å². The van der Waals surface area contributed by atoms with E-state index in [1.54, 1.807) is 0 Å². The lowest BCUT2D eigenvalue weighted by Gasteiger charge is -2.30. The lowest BCUT2D eigenvalue weighted by atomic mass is 9.93. The molecule has 2 rings (SSSR count). The normalized spacial score (nSPS) is 27.6. The molecule has 0 bridgehead atoms. The third kappa shape index (κ3) is 3.06. The topological polar surface area (TPSA) is 32.3 Å². The van der Waals surface area contributed by atoms with E-state index in [0.717, 1.165) is 12.0 Å². The minimum Gasteiger partial charge on any atom is -0.388 e. The predicted molar refractivity (Wildman–Crippen MR) is 66.3 cm³/mol. The van der Waals surface area contributed by atoms with Crippen molar-refractivity contribution < 1.29 is 5.11 Å². The van der Waals surface area contributed by atoms with Gasteiger partial charge in [-0.15, -0.1) is 0 Å². The van der Waals surface area contributed by atoms with Crippen LogP contribution in [0.15, 0.2) is 30.3 Å². The van der Waals surface area contributed by atoms with Gasteiger partial charge in [-0.1, -0.05) is 36.8 Å². The van der Waals surface area contributed by atoms with Crippen LogP contribution in [0.2, 0.25) is 0 Å². The molecule has 0 amide bonds. The zero-order valence-corrected chi connectivity index (χ0v) is 9.89. The molecule has 1 saturated heterocycles. The number of aliphatic hydroxyl groups excluding tert-OH is 1. The van der Waals surface area contributed by atoms with Crippen LogP contribution in [-0.4, -0.2) is 17.2 Å². The van der Waals surface area contributed by atoms with E-state index < -0.39 is 0 Å². The van der Waals surface area contributed by atoms with Crippen molar-refractivity contribution in [3.8, 4) is 0 Å². The fourth-order valence-corrected chi connectivity index (χ4v) is 2.51. The van der Waals surface area contributed by atoms with E-state index in [-0.39, 0.29) is 6.10 Å². The molecule has 0 aromatic heterocycles.